The molecule has 8 nitrogen and oxygen atoms in total. The van der Waals surface area contributed by atoms with Crippen molar-refractivity contribution in [1.82, 2.24) is 0 Å². The molecule has 0 aliphatic heterocycles. The minimum atomic E-state index is -1.20. The van der Waals surface area contributed by atoms with Crippen LogP contribution in [-0.4, -0.2) is 44.3 Å². The van der Waals surface area contributed by atoms with E-state index in [-0.39, 0.29) is 16.9 Å². The van der Waals surface area contributed by atoms with Gasteiger partial charge in [-0.25, -0.2) is 14.4 Å². The number of aromatic carboxylic acids is 1. The first-order valence-corrected chi connectivity index (χ1v) is 8.06. The van der Waals surface area contributed by atoms with Gasteiger partial charge >= 0.3 is 17.9 Å². The van der Waals surface area contributed by atoms with E-state index in [1.807, 2.05) is 12.1 Å². The van der Waals surface area contributed by atoms with E-state index in [4.69, 9.17) is 4.74 Å². The number of benzene rings is 2. The average Bonchev–Trinajstić information content (AvgIpc) is 2.72. The van der Waals surface area contributed by atoms with Crippen LogP contribution in [0, 0.1) is 0 Å². The molecule has 0 unspecified atom stereocenters. The second kappa shape index (κ2) is 9.22. The molecule has 0 radical (unpaired) electrons. The fraction of sp³-hybridized carbons (Fsp3) is 0.150. The molecule has 0 aliphatic carbocycles. The molecular weight excluding hydrogens is 366 g/mol. The van der Waals surface area contributed by atoms with Gasteiger partial charge < -0.3 is 24.6 Å². The van der Waals surface area contributed by atoms with Gasteiger partial charge in [0.15, 0.2) is 0 Å². The molecule has 2 N–H and O–H groups in total. The topological polar surface area (TPSA) is 111 Å². The van der Waals surface area contributed by atoms with Crippen LogP contribution in [0.3, 0.4) is 0 Å². The van der Waals surface area contributed by atoms with E-state index in [1.165, 1.54) is 6.07 Å². The van der Waals surface area contributed by atoms with Crippen molar-refractivity contribution in [3.8, 4) is 16.9 Å². The van der Waals surface area contributed by atoms with Gasteiger partial charge in [0.1, 0.15) is 11.4 Å². The van der Waals surface area contributed by atoms with Crippen LogP contribution in [0.1, 0.15) is 10.4 Å². The van der Waals surface area contributed by atoms with E-state index >= 15 is 0 Å². The van der Waals surface area contributed by atoms with Gasteiger partial charge in [0.2, 0.25) is 0 Å². The molecule has 146 valence electrons. The van der Waals surface area contributed by atoms with Gasteiger partial charge in [-0.3, -0.25) is 0 Å². The summed E-state index contributed by atoms with van der Waals surface area (Å²) in [4.78, 5) is 35.0. The molecule has 8 heteroatoms. The van der Waals surface area contributed by atoms with Gasteiger partial charge in [-0.15, -0.1) is 0 Å². The lowest BCUT2D eigenvalue weighted by molar-refractivity contribution is -0.138. The normalized spacial score (nSPS) is 10.8. The quantitative estimate of drug-likeness (QED) is 0.553. The predicted molar refractivity (Wildman–Crippen MR) is 101 cm³/mol. The fourth-order valence-corrected chi connectivity index (χ4v) is 2.38. The number of rotatable bonds is 7. The Bertz CT molecular complexity index is 917. The molecule has 2 aromatic rings. The average molecular weight is 385 g/mol. The zero-order chi connectivity index (χ0) is 20.7. The SMILES string of the molecule is COC(=O)/C=C(/Nc1cc(-c2ccc(OC)cc2)ccc1C(=O)O)C(=O)OC. The number of nitrogens with one attached hydrogen (secondary N) is 1. The number of carboxylic acids is 1. The highest BCUT2D eigenvalue weighted by Crippen LogP contribution is 2.28. The molecule has 0 spiro atoms. The lowest BCUT2D eigenvalue weighted by Crippen LogP contribution is -2.17. The Kier molecular flexibility index (Phi) is 6.75. The van der Waals surface area contributed by atoms with Gasteiger partial charge in [-0.2, -0.15) is 0 Å². The first-order chi connectivity index (χ1) is 13.4. The van der Waals surface area contributed by atoms with Crippen molar-refractivity contribution in [3.05, 3.63) is 59.8 Å². The van der Waals surface area contributed by atoms with Crippen LogP contribution in [0.5, 0.6) is 5.75 Å². The minimum absolute atomic E-state index is 0.0862. The van der Waals surface area contributed by atoms with Crippen molar-refractivity contribution >= 4 is 23.6 Å². The van der Waals surface area contributed by atoms with E-state index in [0.717, 1.165) is 25.9 Å². The third-order valence-corrected chi connectivity index (χ3v) is 3.81. The van der Waals surface area contributed by atoms with Crippen LogP contribution in [0.25, 0.3) is 11.1 Å². The zero-order valence-electron chi connectivity index (χ0n) is 15.5. The Labute approximate surface area is 161 Å². The molecule has 0 amide bonds. The summed E-state index contributed by atoms with van der Waals surface area (Å²) in [6.45, 7) is 0. The van der Waals surface area contributed by atoms with E-state index < -0.39 is 17.9 Å². The fourth-order valence-electron chi connectivity index (χ4n) is 2.38. The number of hydrogen-bond donors (Lipinski definition) is 2. The number of carbonyl (C=O) groups is 3. The molecule has 0 saturated heterocycles. The van der Waals surface area contributed by atoms with Crippen LogP contribution in [-0.2, 0) is 19.1 Å². The third-order valence-electron chi connectivity index (χ3n) is 3.81. The van der Waals surface area contributed by atoms with Gasteiger partial charge in [-0.05, 0) is 35.4 Å². The molecule has 0 aliphatic rings. The summed E-state index contributed by atoms with van der Waals surface area (Å²) in [5.41, 5.74) is 1.26. The zero-order valence-corrected chi connectivity index (χ0v) is 15.5. The summed E-state index contributed by atoms with van der Waals surface area (Å²) in [5, 5.41) is 12.1. The van der Waals surface area contributed by atoms with Crippen molar-refractivity contribution in [3.63, 3.8) is 0 Å². The van der Waals surface area contributed by atoms with Crippen LogP contribution < -0.4 is 10.1 Å². The summed E-state index contributed by atoms with van der Waals surface area (Å²) >= 11 is 0. The second-order valence-electron chi connectivity index (χ2n) is 5.49. The maximum Gasteiger partial charge on any atom is 0.354 e. The van der Waals surface area contributed by atoms with Crippen molar-refractivity contribution in [2.45, 2.75) is 0 Å². The summed E-state index contributed by atoms with van der Waals surface area (Å²) in [6.07, 6.45) is 0.886. The van der Waals surface area contributed by atoms with Crippen LogP contribution in [0.2, 0.25) is 0 Å². The van der Waals surface area contributed by atoms with Gasteiger partial charge in [0.25, 0.3) is 0 Å². The Morgan fingerprint density at radius 2 is 1.57 bits per heavy atom. The lowest BCUT2D eigenvalue weighted by Gasteiger charge is -2.13. The van der Waals surface area contributed by atoms with E-state index in [0.29, 0.717) is 11.3 Å². The maximum absolute atomic E-state index is 12.0. The number of anilines is 1. The maximum atomic E-state index is 12.0. The Morgan fingerprint density at radius 3 is 2.11 bits per heavy atom. The molecule has 28 heavy (non-hydrogen) atoms. The largest absolute Gasteiger partial charge is 0.497 e. The molecule has 0 saturated carbocycles. The second-order valence-corrected chi connectivity index (χ2v) is 5.49. The summed E-state index contributed by atoms with van der Waals surface area (Å²) < 4.78 is 14.3. The molecule has 0 fully saturated rings. The van der Waals surface area contributed by atoms with E-state index in [1.54, 1.807) is 31.4 Å². The third kappa shape index (κ3) is 4.88. The number of methoxy groups -OCH3 is 3. The highest BCUT2D eigenvalue weighted by atomic mass is 16.5. The van der Waals surface area contributed by atoms with Crippen molar-refractivity contribution < 1.29 is 33.7 Å². The Morgan fingerprint density at radius 1 is 0.929 bits per heavy atom. The summed E-state index contributed by atoms with van der Waals surface area (Å²) in [5.74, 6) is -2.17. The van der Waals surface area contributed by atoms with Crippen molar-refractivity contribution in [2.75, 3.05) is 26.6 Å². The molecule has 2 aromatic carbocycles. The monoisotopic (exact) mass is 385 g/mol. The highest BCUT2D eigenvalue weighted by Gasteiger charge is 2.18. The Balaban J connectivity index is 2.49. The Hall–Kier alpha value is -3.81. The summed E-state index contributed by atoms with van der Waals surface area (Å²) in [7, 11) is 3.85. The lowest BCUT2D eigenvalue weighted by atomic mass is 10.0. The van der Waals surface area contributed by atoms with E-state index in [2.05, 4.69) is 14.8 Å². The number of carboxylic acid groups (broad SMARTS) is 1. The van der Waals surface area contributed by atoms with Gasteiger partial charge in [0, 0.05) is 0 Å². The number of esters is 2. The molecular formula is C20H19NO7. The number of hydrogen-bond acceptors (Lipinski definition) is 7. The minimum Gasteiger partial charge on any atom is -0.497 e. The molecule has 0 heterocycles. The van der Waals surface area contributed by atoms with Crippen LogP contribution in [0.15, 0.2) is 54.2 Å². The first kappa shape index (κ1) is 20.5. The van der Waals surface area contributed by atoms with E-state index in [9.17, 15) is 19.5 Å². The van der Waals surface area contributed by atoms with Crippen molar-refractivity contribution in [2.24, 2.45) is 0 Å². The van der Waals surface area contributed by atoms with Crippen molar-refractivity contribution in [1.29, 1.82) is 0 Å². The highest BCUT2D eigenvalue weighted by molar-refractivity contribution is 6.02. The molecule has 0 bridgehead atoms. The molecule has 0 atom stereocenters. The summed E-state index contributed by atoms with van der Waals surface area (Å²) in [6, 6.07) is 11.7. The van der Waals surface area contributed by atoms with Crippen LogP contribution in [0.4, 0.5) is 5.69 Å². The smallest absolute Gasteiger partial charge is 0.354 e. The predicted octanol–water partition coefficient (Wildman–Crippen LogP) is 2.70. The van der Waals surface area contributed by atoms with Crippen LogP contribution >= 0.6 is 0 Å². The standard InChI is InChI=1S/C20H19NO7/c1-26-14-7-4-12(5-8-14)13-6-9-15(19(23)24)16(10-13)21-17(20(25)28-3)11-18(22)27-2/h4-11,21H,1-3H3,(H,23,24)/b17-11+. The number of ether oxygens (including phenoxy) is 3. The van der Waals surface area contributed by atoms with Gasteiger partial charge in [0.05, 0.1) is 38.7 Å². The van der Waals surface area contributed by atoms with Gasteiger partial charge in [-0.1, -0.05) is 18.2 Å². The first-order valence-electron chi connectivity index (χ1n) is 8.06. The number of carbonyl (C=O) groups excluding carboxylic acids is 2. The molecule has 0 aromatic heterocycles. The molecule has 2 rings (SSSR count).